The molecule has 0 bridgehead atoms. The van der Waals surface area contributed by atoms with Crippen molar-refractivity contribution in [1.82, 2.24) is 9.80 Å². The molecule has 1 heterocycles. The molecule has 0 aromatic heterocycles. The SMILES string of the molecule is CN(C)C1CCN(CCOc2ccc(CC(=O)O)cc2)C1. The fourth-order valence-corrected chi connectivity index (χ4v) is 2.61. The van der Waals surface area contributed by atoms with E-state index in [1.54, 1.807) is 12.1 Å². The van der Waals surface area contributed by atoms with Crippen molar-refractivity contribution >= 4 is 5.97 Å². The van der Waals surface area contributed by atoms with Gasteiger partial charge in [0.2, 0.25) is 0 Å². The highest BCUT2D eigenvalue weighted by Gasteiger charge is 2.23. The second kappa shape index (κ2) is 7.43. The highest BCUT2D eigenvalue weighted by atomic mass is 16.5. The van der Waals surface area contributed by atoms with Crippen molar-refractivity contribution < 1.29 is 14.6 Å². The first kappa shape index (κ1) is 15.8. The molecule has 1 N–H and O–H groups in total. The summed E-state index contributed by atoms with van der Waals surface area (Å²) in [4.78, 5) is 15.3. The van der Waals surface area contributed by atoms with Crippen LogP contribution in [0.1, 0.15) is 12.0 Å². The molecule has 1 fully saturated rings. The van der Waals surface area contributed by atoms with Crippen molar-refractivity contribution in [2.24, 2.45) is 0 Å². The van der Waals surface area contributed by atoms with Crippen molar-refractivity contribution in [2.45, 2.75) is 18.9 Å². The maximum atomic E-state index is 10.6. The summed E-state index contributed by atoms with van der Waals surface area (Å²) in [7, 11) is 4.26. The second-order valence-corrected chi connectivity index (χ2v) is 5.77. The number of carboxylic acids is 1. The summed E-state index contributed by atoms with van der Waals surface area (Å²) in [6, 6.07) is 7.94. The molecule has 1 saturated heterocycles. The van der Waals surface area contributed by atoms with Crippen LogP contribution in [0.15, 0.2) is 24.3 Å². The number of benzene rings is 1. The zero-order valence-electron chi connectivity index (χ0n) is 12.8. The number of hydrogen-bond acceptors (Lipinski definition) is 4. The summed E-state index contributed by atoms with van der Waals surface area (Å²) in [5.74, 6) is -0.0133. The van der Waals surface area contributed by atoms with Crippen molar-refractivity contribution in [3.63, 3.8) is 0 Å². The molecule has 0 saturated carbocycles. The van der Waals surface area contributed by atoms with Crippen LogP contribution in [0.3, 0.4) is 0 Å². The lowest BCUT2D eigenvalue weighted by atomic mass is 10.1. The van der Waals surface area contributed by atoms with Crippen LogP contribution in [0.2, 0.25) is 0 Å². The van der Waals surface area contributed by atoms with Gasteiger partial charge < -0.3 is 14.7 Å². The van der Waals surface area contributed by atoms with Crippen LogP contribution in [-0.4, -0.2) is 67.3 Å². The fraction of sp³-hybridized carbons (Fsp3) is 0.562. The molecule has 1 unspecified atom stereocenters. The van der Waals surface area contributed by atoms with Gasteiger partial charge in [0.1, 0.15) is 12.4 Å². The number of aliphatic carboxylic acids is 1. The smallest absolute Gasteiger partial charge is 0.307 e. The summed E-state index contributed by atoms with van der Waals surface area (Å²) >= 11 is 0. The minimum Gasteiger partial charge on any atom is -0.492 e. The van der Waals surface area contributed by atoms with E-state index in [1.165, 1.54) is 6.42 Å². The van der Waals surface area contributed by atoms with E-state index >= 15 is 0 Å². The van der Waals surface area contributed by atoms with Crippen molar-refractivity contribution in [3.8, 4) is 5.75 Å². The van der Waals surface area contributed by atoms with Crippen molar-refractivity contribution in [3.05, 3.63) is 29.8 Å². The third kappa shape index (κ3) is 5.02. The summed E-state index contributed by atoms with van der Waals surface area (Å²) in [5, 5.41) is 8.72. The monoisotopic (exact) mass is 292 g/mol. The molecule has 116 valence electrons. The van der Waals surface area contributed by atoms with E-state index in [0.29, 0.717) is 12.6 Å². The third-order valence-corrected chi connectivity index (χ3v) is 3.93. The highest BCUT2D eigenvalue weighted by molar-refractivity contribution is 5.70. The van der Waals surface area contributed by atoms with Gasteiger partial charge in [-0.3, -0.25) is 9.69 Å². The van der Waals surface area contributed by atoms with E-state index < -0.39 is 5.97 Å². The molecule has 5 nitrogen and oxygen atoms in total. The molecule has 21 heavy (non-hydrogen) atoms. The van der Waals surface area contributed by atoms with Gasteiger partial charge in [0.25, 0.3) is 0 Å². The summed E-state index contributed by atoms with van der Waals surface area (Å²) in [6.45, 7) is 3.83. The van der Waals surface area contributed by atoms with Gasteiger partial charge in [-0.25, -0.2) is 0 Å². The van der Waals surface area contributed by atoms with Gasteiger partial charge in [-0.15, -0.1) is 0 Å². The first-order valence-electron chi connectivity index (χ1n) is 7.37. The Bertz CT molecular complexity index is 459. The van der Waals surface area contributed by atoms with Crippen LogP contribution < -0.4 is 4.74 Å². The van der Waals surface area contributed by atoms with Crippen molar-refractivity contribution in [1.29, 1.82) is 0 Å². The normalized spacial score (nSPS) is 19.1. The molecule has 0 radical (unpaired) electrons. The number of nitrogens with zero attached hydrogens (tertiary/aromatic N) is 2. The Balaban J connectivity index is 1.70. The average Bonchev–Trinajstić information content (AvgIpc) is 2.89. The van der Waals surface area contributed by atoms with Crippen LogP contribution >= 0.6 is 0 Å². The van der Waals surface area contributed by atoms with Gasteiger partial charge in [-0.1, -0.05) is 12.1 Å². The van der Waals surface area contributed by atoms with Crippen LogP contribution in [0.4, 0.5) is 0 Å². The van der Waals surface area contributed by atoms with Crippen LogP contribution in [-0.2, 0) is 11.2 Å². The lowest BCUT2D eigenvalue weighted by Gasteiger charge is -2.20. The topological polar surface area (TPSA) is 53.0 Å². The molecule has 1 aliphatic rings. The van der Waals surface area contributed by atoms with Gasteiger partial charge in [-0.2, -0.15) is 0 Å². The van der Waals surface area contributed by atoms with E-state index in [0.717, 1.165) is 30.9 Å². The molecule has 1 aliphatic heterocycles. The Morgan fingerprint density at radius 2 is 2.10 bits per heavy atom. The molecule has 5 heteroatoms. The molecular weight excluding hydrogens is 268 g/mol. The maximum Gasteiger partial charge on any atom is 0.307 e. The summed E-state index contributed by atoms with van der Waals surface area (Å²) in [6.07, 6.45) is 1.27. The van der Waals surface area contributed by atoms with Crippen LogP contribution in [0.5, 0.6) is 5.75 Å². The Hall–Kier alpha value is -1.59. The van der Waals surface area contributed by atoms with Gasteiger partial charge in [0, 0.05) is 19.1 Å². The molecule has 0 spiro atoms. The number of carboxylic acid groups (broad SMARTS) is 1. The van der Waals surface area contributed by atoms with Crippen LogP contribution in [0.25, 0.3) is 0 Å². The number of carbonyl (C=O) groups is 1. The standard InChI is InChI=1S/C16H24N2O3/c1-17(2)14-7-8-18(12-14)9-10-21-15-5-3-13(4-6-15)11-16(19)20/h3-6,14H,7-12H2,1-2H3,(H,19,20). The molecule has 1 aromatic carbocycles. The minimum atomic E-state index is -0.812. The van der Waals surface area contributed by atoms with Gasteiger partial charge >= 0.3 is 5.97 Å². The first-order chi connectivity index (χ1) is 10.0. The van der Waals surface area contributed by atoms with E-state index in [1.807, 2.05) is 12.1 Å². The number of hydrogen-bond donors (Lipinski definition) is 1. The van der Waals surface area contributed by atoms with Gasteiger partial charge in [0.05, 0.1) is 6.42 Å². The summed E-state index contributed by atoms with van der Waals surface area (Å²) < 4.78 is 5.72. The highest BCUT2D eigenvalue weighted by Crippen LogP contribution is 2.15. The average molecular weight is 292 g/mol. The molecule has 1 aromatic rings. The molecule has 0 amide bonds. The number of likely N-dealkylation sites (tertiary alicyclic amines) is 1. The molecule has 1 atom stereocenters. The number of likely N-dealkylation sites (N-methyl/N-ethyl adjacent to an activating group) is 1. The Kier molecular flexibility index (Phi) is 5.59. The van der Waals surface area contributed by atoms with Gasteiger partial charge in [-0.05, 0) is 44.8 Å². The van der Waals surface area contributed by atoms with E-state index in [9.17, 15) is 4.79 Å². The predicted molar refractivity (Wildman–Crippen MR) is 81.8 cm³/mol. The quantitative estimate of drug-likeness (QED) is 0.821. The van der Waals surface area contributed by atoms with E-state index in [-0.39, 0.29) is 6.42 Å². The zero-order chi connectivity index (χ0) is 15.2. The van der Waals surface area contributed by atoms with E-state index in [4.69, 9.17) is 9.84 Å². The lowest BCUT2D eigenvalue weighted by Crippen LogP contribution is -2.33. The maximum absolute atomic E-state index is 10.6. The lowest BCUT2D eigenvalue weighted by molar-refractivity contribution is -0.136. The fourth-order valence-electron chi connectivity index (χ4n) is 2.61. The number of rotatable bonds is 7. The predicted octanol–water partition coefficient (Wildman–Crippen LogP) is 1.33. The Labute approximate surface area is 126 Å². The summed E-state index contributed by atoms with van der Waals surface area (Å²) in [5.41, 5.74) is 0.795. The molecule has 2 rings (SSSR count). The second-order valence-electron chi connectivity index (χ2n) is 5.77. The Morgan fingerprint density at radius 1 is 1.38 bits per heavy atom. The largest absolute Gasteiger partial charge is 0.492 e. The molecular formula is C16H24N2O3. The van der Waals surface area contributed by atoms with E-state index in [2.05, 4.69) is 23.9 Å². The Morgan fingerprint density at radius 3 is 2.67 bits per heavy atom. The number of ether oxygens (including phenoxy) is 1. The van der Waals surface area contributed by atoms with Crippen LogP contribution in [0, 0.1) is 0 Å². The minimum absolute atomic E-state index is 0.0555. The van der Waals surface area contributed by atoms with Gasteiger partial charge in [0.15, 0.2) is 0 Å². The third-order valence-electron chi connectivity index (χ3n) is 3.93. The first-order valence-corrected chi connectivity index (χ1v) is 7.37. The molecule has 0 aliphatic carbocycles. The zero-order valence-corrected chi connectivity index (χ0v) is 12.8. The van der Waals surface area contributed by atoms with Crippen molar-refractivity contribution in [2.75, 3.05) is 40.3 Å².